The molecule has 2 heteroatoms. The summed E-state index contributed by atoms with van der Waals surface area (Å²) in [6.07, 6.45) is 6.15. The first-order chi connectivity index (χ1) is 10.8. The average molecular weight is 293 g/mol. The van der Waals surface area contributed by atoms with E-state index in [-0.39, 0.29) is 0 Å². The SMILES string of the molecule is Cc1cccc(C(=NC2CCCCC2)c2ccccc2)c1O. The number of aliphatic imine (C=N–C) groups is 1. The molecule has 2 aromatic carbocycles. The Bertz CT molecular complexity index is 655. The van der Waals surface area contributed by atoms with E-state index in [0.717, 1.165) is 35.2 Å². The first-order valence-electron chi connectivity index (χ1n) is 8.18. The Labute approximate surface area is 132 Å². The summed E-state index contributed by atoms with van der Waals surface area (Å²) in [5.74, 6) is 0.348. The zero-order valence-corrected chi connectivity index (χ0v) is 13.1. The summed E-state index contributed by atoms with van der Waals surface area (Å²) in [6, 6.07) is 16.5. The van der Waals surface area contributed by atoms with Crippen molar-refractivity contribution in [2.75, 3.05) is 0 Å². The van der Waals surface area contributed by atoms with Gasteiger partial charge in [-0.15, -0.1) is 0 Å². The largest absolute Gasteiger partial charge is 0.507 e. The molecule has 2 nitrogen and oxygen atoms in total. The Balaban J connectivity index is 2.06. The van der Waals surface area contributed by atoms with E-state index in [1.807, 2.05) is 43.3 Å². The minimum atomic E-state index is 0.348. The molecule has 1 aliphatic carbocycles. The van der Waals surface area contributed by atoms with Crippen LogP contribution in [-0.2, 0) is 0 Å². The summed E-state index contributed by atoms with van der Waals surface area (Å²) in [4.78, 5) is 5.03. The summed E-state index contributed by atoms with van der Waals surface area (Å²) in [6.45, 7) is 1.93. The van der Waals surface area contributed by atoms with Gasteiger partial charge in [0.05, 0.1) is 11.8 Å². The van der Waals surface area contributed by atoms with Gasteiger partial charge in [-0.05, 0) is 31.4 Å². The highest BCUT2D eigenvalue weighted by Crippen LogP contribution is 2.27. The number of aromatic hydroxyl groups is 1. The molecule has 1 N–H and O–H groups in total. The molecule has 2 aromatic rings. The van der Waals surface area contributed by atoms with E-state index >= 15 is 0 Å². The van der Waals surface area contributed by atoms with E-state index in [2.05, 4.69) is 12.1 Å². The Morgan fingerprint density at radius 2 is 1.68 bits per heavy atom. The van der Waals surface area contributed by atoms with E-state index in [0.29, 0.717) is 11.8 Å². The first kappa shape index (κ1) is 14.8. The molecule has 1 aliphatic rings. The molecule has 22 heavy (non-hydrogen) atoms. The number of phenols is 1. The maximum atomic E-state index is 10.5. The van der Waals surface area contributed by atoms with E-state index in [9.17, 15) is 5.11 Å². The number of phenolic OH excluding ortho intramolecular Hbond substituents is 1. The monoisotopic (exact) mass is 293 g/mol. The third-order valence-electron chi connectivity index (χ3n) is 4.43. The average Bonchev–Trinajstić information content (AvgIpc) is 2.57. The number of nitrogens with zero attached hydrogens (tertiary/aromatic N) is 1. The van der Waals surface area contributed by atoms with E-state index in [4.69, 9.17) is 4.99 Å². The summed E-state index contributed by atoms with van der Waals surface area (Å²) >= 11 is 0. The van der Waals surface area contributed by atoms with Gasteiger partial charge in [0, 0.05) is 11.1 Å². The summed E-state index contributed by atoms with van der Waals surface area (Å²) < 4.78 is 0. The predicted octanol–water partition coefficient (Wildman–Crippen LogP) is 4.87. The van der Waals surface area contributed by atoms with E-state index in [1.54, 1.807) is 0 Å². The van der Waals surface area contributed by atoms with Gasteiger partial charge in [-0.25, -0.2) is 0 Å². The quantitative estimate of drug-likeness (QED) is 0.804. The fraction of sp³-hybridized carbons (Fsp3) is 0.350. The van der Waals surface area contributed by atoms with Gasteiger partial charge in [-0.2, -0.15) is 0 Å². The van der Waals surface area contributed by atoms with Gasteiger partial charge in [-0.3, -0.25) is 4.99 Å². The van der Waals surface area contributed by atoms with Crippen LogP contribution >= 0.6 is 0 Å². The fourth-order valence-corrected chi connectivity index (χ4v) is 3.14. The lowest BCUT2D eigenvalue weighted by Crippen LogP contribution is -2.15. The minimum absolute atomic E-state index is 0.348. The first-order valence-corrected chi connectivity index (χ1v) is 8.18. The summed E-state index contributed by atoms with van der Waals surface area (Å²) in [7, 11) is 0. The Kier molecular flexibility index (Phi) is 4.57. The second-order valence-corrected chi connectivity index (χ2v) is 6.11. The number of hydrogen-bond acceptors (Lipinski definition) is 2. The number of hydrogen-bond donors (Lipinski definition) is 1. The van der Waals surface area contributed by atoms with Crippen LogP contribution in [0.1, 0.15) is 48.8 Å². The highest BCUT2D eigenvalue weighted by Gasteiger charge is 2.17. The Hall–Kier alpha value is -2.09. The van der Waals surface area contributed by atoms with Gasteiger partial charge in [0.15, 0.2) is 0 Å². The smallest absolute Gasteiger partial charge is 0.127 e. The second kappa shape index (κ2) is 6.78. The molecule has 0 radical (unpaired) electrons. The highest BCUT2D eigenvalue weighted by molar-refractivity contribution is 6.14. The molecule has 1 saturated carbocycles. The zero-order chi connectivity index (χ0) is 15.4. The number of aryl methyl sites for hydroxylation is 1. The van der Waals surface area contributed by atoms with Crippen LogP contribution in [0.5, 0.6) is 5.75 Å². The summed E-state index contributed by atoms with van der Waals surface area (Å²) in [5, 5.41) is 10.5. The molecular weight excluding hydrogens is 270 g/mol. The van der Waals surface area contributed by atoms with Crippen molar-refractivity contribution in [2.45, 2.75) is 45.1 Å². The molecule has 1 fully saturated rings. The van der Waals surface area contributed by atoms with Crippen molar-refractivity contribution >= 4 is 5.71 Å². The topological polar surface area (TPSA) is 32.6 Å². The minimum Gasteiger partial charge on any atom is -0.507 e. The molecule has 0 spiro atoms. The molecule has 0 aliphatic heterocycles. The van der Waals surface area contributed by atoms with Crippen molar-refractivity contribution in [3.8, 4) is 5.75 Å². The van der Waals surface area contributed by atoms with Gasteiger partial charge < -0.3 is 5.11 Å². The molecule has 0 bridgehead atoms. The van der Waals surface area contributed by atoms with Gasteiger partial charge in [-0.1, -0.05) is 61.7 Å². The third kappa shape index (κ3) is 3.22. The maximum Gasteiger partial charge on any atom is 0.127 e. The lowest BCUT2D eigenvalue weighted by molar-refractivity contribution is 0.443. The second-order valence-electron chi connectivity index (χ2n) is 6.11. The van der Waals surface area contributed by atoms with Crippen molar-refractivity contribution < 1.29 is 5.11 Å². The number of para-hydroxylation sites is 1. The molecule has 0 atom stereocenters. The van der Waals surface area contributed by atoms with Crippen LogP contribution < -0.4 is 0 Å². The Morgan fingerprint density at radius 3 is 2.41 bits per heavy atom. The molecule has 0 amide bonds. The van der Waals surface area contributed by atoms with Crippen LogP contribution in [-0.4, -0.2) is 16.9 Å². The van der Waals surface area contributed by atoms with Crippen LogP contribution in [0.15, 0.2) is 53.5 Å². The van der Waals surface area contributed by atoms with Gasteiger partial charge in [0.1, 0.15) is 5.75 Å². The summed E-state index contributed by atoms with van der Waals surface area (Å²) in [5.41, 5.74) is 3.74. The fourth-order valence-electron chi connectivity index (χ4n) is 3.14. The van der Waals surface area contributed by atoms with E-state index < -0.39 is 0 Å². The van der Waals surface area contributed by atoms with Crippen molar-refractivity contribution in [1.82, 2.24) is 0 Å². The van der Waals surface area contributed by atoms with Crippen LogP contribution in [0, 0.1) is 6.92 Å². The predicted molar refractivity (Wildman–Crippen MR) is 91.8 cm³/mol. The van der Waals surface area contributed by atoms with Crippen LogP contribution in [0.2, 0.25) is 0 Å². The van der Waals surface area contributed by atoms with Crippen molar-refractivity contribution in [3.05, 3.63) is 65.2 Å². The van der Waals surface area contributed by atoms with Crippen molar-refractivity contribution in [2.24, 2.45) is 4.99 Å². The zero-order valence-electron chi connectivity index (χ0n) is 13.1. The lowest BCUT2D eigenvalue weighted by Gasteiger charge is -2.20. The Morgan fingerprint density at radius 1 is 0.955 bits per heavy atom. The molecule has 0 unspecified atom stereocenters. The maximum absolute atomic E-state index is 10.5. The normalized spacial score (nSPS) is 16.7. The highest BCUT2D eigenvalue weighted by atomic mass is 16.3. The third-order valence-corrected chi connectivity index (χ3v) is 4.43. The molecule has 0 saturated heterocycles. The molecule has 0 aromatic heterocycles. The number of benzene rings is 2. The van der Waals surface area contributed by atoms with Gasteiger partial charge in [0.2, 0.25) is 0 Å². The molecule has 3 rings (SSSR count). The number of rotatable bonds is 3. The van der Waals surface area contributed by atoms with Crippen LogP contribution in [0.25, 0.3) is 0 Å². The molecule has 0 heterocycles. The van der Waals surface area contributed by atoms with Crippen molar-refractivity contribution in [3.63, 3.8) is 0 Å². The van der Waals surface area contributed by atoms with Gasteiger partial charge >= 0.3 is 0 Å². The van der Waals surface area contributed by atoms with Crippen LogP contribution in [0.4, 0.5) is 0 Å². The molecular formula is C20H23NO. The standard InChI is InChI=1S/C20H23NO/c1-15-9-8-14-18(20(15)22)19(16-10-4-2-5-11-16)21-17-12-6-3-7-13-17/h2,4-5,8-11,14,17,22H,3,6-7,12-13H2,1H3. The molecule has 114 valence electrons. The van der Waals surface area contributed by atoms with Crippen molar-refractivity contribution in [1.29, 1.82) is 0 Å². The lowest BCUT2D eigenvalue weighted by atomic mass is 9.94. The van der Waals surface area contributed by atoms with E-state index in [1.165, 1.54) is 19.3 Å². The van der Waals surface area contributed by atoms with Gasteiger partial charge in [0.25, 0.3) is 0 Å². The van der Waals surface area contributed by atoms with Crippen LogP contribution in [0.3, 0.4) is 0 Å².